The predicted molar refractivity (Wildman–Crippen MR) is 113 cm³/mol. The van der Waals surface area contributed by atoms with Gasteiger partial charge in [-0.25, -0.2) is 0 Å². The molecule has 1 N–H and O–H groups in total. The first-order chi connectivity index (χ1) is 14.1. The van der Waals surface area contributed by atoms with Crippen molar-refractivity contribution in [3.63, 3.8) is 0 Å². The zero-order chi connectivity index (χ0) is 20.0. The van der Waals surface area contributed by atoms with E-state index in [4.69, 9.17) is 4.74 Å². The number of aromatic nitrogens is 1. The molecule has 5 heteroatoms. The molecule has 1 saturated heterocycles. The lowest BCUT2D eigenvalue weighted by atomic mass is 9.82. The third-order valence-electron chi connectivity index (χ3n) is 6.18. The lowest BCUT2D eigenvalue weighted by molar-refractivity contribution is -0.274. The number of nitrogens with zero attached hydrogens (tertiary/aromatic N) is 2. The van der Waals surface area contributed by atoms with Gasteiger partial charge in [-0.15, -0.1) is 0 Å². The van der Waals surface area contributed by atoms with Gasteiger partial charge in [-0.2, -0.15) is 0 Å². The topological polar surface area (TPSA) is 52.5 Å². The molecule has 0 unspecified atom stereocenters. The fraction of sp³-hybridized carbons (Fsp3) is 0.250. The lowest BCUT2D eigenvalue weighted by Crippen LogP contribution is -2.51. The molecule has 2 aliphatic rings. The number of rotatable bonds is 2. The number of methoxy groups -OCH3 is 1. The SMILES string of the molecule is C=c1ccc(=C([O-])N2CCC3(CC2)Nc2cc(OC)ccc2-n2cccc23)cc1. The molecular weight excluding hydrogens is 362 g/mol. The molecule has 1 aromatic heterocycles. The Kier molecular flexibility index (Phi) is 4.05. The second kappa shape index (κ2) is 6.62. The van der Waals surface area contributed by atoms with E-state index < -0.39 is 0 Å². The van der Waals surface area contributed by atoms with E-state index in [9.17, 15) is 5.11 Å². The van der Waals surface area contributed by atoms with Crippen molar-refractivity contribution < 1.29 is 9.84 Å². The molecule has 0 saturated carbocycles. The van der Waals surface area contributed by atoms with Crippen molar-refractivity contribution in [3.8, 4) is 11.4 Å². The summed E-state index contributed by atoms with van der Waals surface area (Å²) in [4.78, 5) is 1.96. The van der Waals surface area contributed by atoms with Gasteiger partial charge in [0.15, 0.2) is 0 Å². The van der Waals surface area contributed by atoms with Gasteiger partial charge in [0.1, 0.15) is 5.75 Å². The minimum atomic E-state index is -0.184. The summed E-state index contributed by atoms with van der Waals surface area (Å²) in [5.74, 6) is 0.927. The summed E-state index contributed by atoms with van der Waals surface area (Å²) in [7, 11) is 1.69. The Morgan fingerprint density at radius 3 is 2.59 bits per heavy atom. The molecule has 1 fully saturated rings. The maximum Gasteiger partial charge on any atom is 0.121 e. The van der Waals surface area contributed by atoms with E-state index in [1.165, 1.54) is 5.69 Å². The fourth-order valence-electron chi connectivity index (χ4n) is 4.56. The van der Waals surface area contributed by atoms with Crippen LogP contribution < -0.4 is 25.6 Å². The van der Waals surface area contributed by atoms with Gasteiger partial charge in [-0.1, -0.05) is 30.8 Å². The Balaban J connectivity index is 1.47. The third kappa shape index (κ3) is 2.85. The molecule has 0 atom stereocenters. The van der Waals surface area contributed by atoms with E-state index in [2.05, 4.69) is 46.9 Å². The number of nitrogens with one attached hydrogen (secondary N) is 1. The standard InChI is InChI=1S/C24H25N3O2/c1-17-5-7-18(8-6-17)23(28)26-14-11-24(12-15-26)22-4-3-13-27(22)21-10-9-19(29-2)16-20(21)25-24/h3-10,13,16,25,28H,1,11-12,14-15H2,2H3/p-1. The highest BCUT2D eigenvalue weighted by molar-refractivity contribution is 5.69. The quantitative estimate of drug-likeness (QED) is 0.729. The Morgan fingerprint density at radius 1 is 1.10 bits per heavy atom. The minimum absolute atomic E-state index is 0.0908. The summed E-state index contributed by atoms with van der Waals surface area (Å²) in [5, 5.41) is 18.4. The Hall–Kier alpha value is -3.34. The molecule has 3 aromatic rings. The molecule has 0 aliphatic carbocycles. The second-order valence-electron chi connectivity index (χ2n) is 7.84. The summed E-state index contributed by atoms with van der Waals surface area (Å²) < 4.78 is 7.68. The van der Waals surface area contributed by atoms with Crippen LogP contribution in [-0.2, 0) is 5.54 Å². The van der Waals surface area contributed by atoms with E-state index in [-0.39, 0.29) is 11.4 Å². The first-order valence-electron chi connectivity index (χ1n) is 9.95. The van der Waals surface area contributed by atoms with Crippen molar-refractivity contribution in [3.05, 3.63) is 76.9 Å². The number of anilines is 1. The van der Waals surface area contributed by atoms with Gasteiger partial charge in [0, 0.05) is 31.0 Å². The van der Waals surface area contributed by atoms with Crippen LogP contribution >= 0.6 is 0 Å². The van der Waals surface area contributed by atoms with Crippen LogP contribution in [0.4, 0.5) is 5.69 Å². The molecule has 2 aromatic carbocycles. The molecule has 0 radical (unpaired) electrons. The van der Waals surface area contributed by atoms with Gasteiger partial charge in [0.2, 0.25) is 0 Å². The van der Waals surface area contributed by atoms with Crippen LogP contribution in [0.1, 0.15) is 18.5 Å². The fourth-order valence-corrected chi connectivity index (χ4v) is 4.56. The maximum atomic E-state index is 12.9. The number of benzene rings is 2. The molecule has 0 bridgehead atoms. The normalized spacial score (nSPS) is 16.7. The highest BCUT2D eigenvalue weighted by atomic mass is 16.5. The summed E-state index contributed by atoms with van der Waals surface area (Å²) in [6.45, 7) is 5.31. The minimum Gasteiger partial charge on any atom is -0.860 e. The average molecular weight is 386 g/mol. The van der Waals surface area contributed by atoms with Crippen molar-refractivity contribution in [2.45, 2.75) is 18.4 Å². The average Bonchev–Trinajstić information content (AvgIpc) is 3.25. The highest BCUT2D eigenvalue weighted by Gasteiger charge is 2.41. The van der Waals surface area contributed by atoms with Crippen LogP contribution in [0.25, 0.3) is 18.1 Å². The van der Waals surface area contributed by atoms with Crippen LogP contribution in [-0.4, -0.2) is 29.7 Å². The van der Waals surface area contributed by atoms with Crippen LogP contribution in [0.3, 0.4) is 0 Å². The molecule has 1 spiro atoms. The van der Waals surface area contributed by atoms with Gasteiger partial charge < -0.3 is 24.6 Å². The van der Waals surface area contributed by atoms with Crippen molar-refractivity contribution in [2.75, 3.05) is 25.5 Å². The van der Waals surface area contributed by atoms with Crippen molar-refractivity contribution >= 4 is 18.1 Å². The largest absolute Gasteiger partial charge is 0.860 e. The van der Waals surface area contributed by atoms with Gasteiger partial charge in [0.25, 0.3) is 0 Å². The Morgan fingerprint density at radius 2 is 1.86 bits per heavy atom. The second-order valence-corrected chi connectivity index (χ2v) is 7.84. The molecule has 2 aliphatic heterocycles. The van der Waals surface area contributed by atoms with Crippen molar-refractivity contribution in [1.29, 1.82) is 0 Å². The molecular formula is C24H24N3O2-. The molecule has 29 heavy (non-hydrogen) atoms. The monoisotopic (exact) mass is 386 g/mol. The van der Waals surface area contributed by atoms with Crippen LogP contribution in [0.15, 0.2) is 60.8 Å². The first-order valence-corrected chi connectivity index (χ1v) is 9.95. The summed E-state index contributed by atoms with van der Waals surface area (Å²) in [6, 6.07) is 17.9. The van der Waals surface area contributed by atoms with Crippen LogP contribution in [0, 0.1) is 0 Å². The molecule has 5 nitrogen and oxygen atoms in total. The number of likely N-dealkylation sites (tertiary alicyclic amines) is 1. The number of fused-ring (bicyclic) bond motifs is 4. The lowest BCUT2D eigenvalue weighted by Gasteiger charge is -2.48. The van der Waals surface area contributed by atoms with Gasteiger partial charge in [-0.05, 0) is 53.4 Å². The Bertz CT molecular complexity index is 1150. The number of hydrogen-bond acceptors (Lipinski definition) is 4. The zero-order valence-corrected chi connectivity index (χ0v) is 16.5. The van der Waals surface area contributed by atoms with Gasteiger partial charge in [-0.3, -0.25) is 0 Å². The van der Waals surface area contributed by atoms with Crippen molar-refractivity contribution in [1.82, 2.24) is 9.47 Å². The molecule has 148 valence electrons. The number of piperidine rings is 1. The van der Waals surface area contributed by atoms with E-state index in [0.29, 0.717) is 13.1 Å². The molecule has 5 rings (SSSR count). The van der Waals surface area contributed by atoms with E-state index in [1.54, 1.807) is 7.11 Å². The summed E-state index contributed by atoms with van der Waals surface area (Å²) >= 11 is 0. The first kappa shape index (κ1) is 17.7. The number of ether oxygens (including phenoxy) is 1. The van der Waals surface area contributed by atoms with Crippen LogP contribution in [0.5, 0.6) is 5.75 Å². The van der Waals surface area contributed by atoms with E-state index in [0.717, 1.165) is 40.4 Å². The smallest absolute Gasteiger partial charge is 0.121 e. The zero-order valence-electron chi connectivity index (χ0n) is 16.5. The molecule has 0 amide bonds. The summed E-state index contributed by atoms with van der Waals surface area (Å²) in [6.07, 6.45) is 3.82. The predicted octanol–water partition coefficient (Wildman–Crippen LogP) is 1.74. The molecule has 3 heterocycles. The number of hydrogen-bond donors (Lipinski definition) is 1. The van der Waals surface area contributed by atoms with E-state index >= 15 is 0 Å². The third-order valence-corrected chi connectivity index (χ3v) is 6.18. The highest BCUT2D eigenvalue weighted by Crippen LogP contribution is 2.44. The van der Waals surface area contributed by atoms with Crippen LogP contribution in [0.2, 0.25) is 0 Å². The van der Waals surface area contributed by atoms with Crippen molar-refractivity contribution in [2.24, 2.45) is 0 Å². The van der Waals surface area contributed by atoms with E-state index in [1.807, 2.05) is 35.2 Å². The Labute approximate surface area is 170 Å². The summed E-state index contributed by atoms with van der Waals surface area (Å²) in [5.41, 5.74) is 3.27. The van der Waals surface area contributed by atoms with Gasteiger partial charge >= 0.3 is 0 Å². The maximum absolute atomic E-state index is 12.9. The van der Waals surface area contributed by atoms with Gasteiger partial charge in [0.05, 0.1) is 24.0 Å².